The molecule has 3 heteroatoms. The van der Waals surface area contributed by atoms with Gasteiger partial charge in [0.05, 0.1) is 39.1 Å². The molecule has 0 saturated carbocycles. The molecule has 0 fully saturated rings. The van der Waals surface area contributed by atoms with Crippen LogP contribution in [0.15, 0.2) is 237 Å². The van der Waals surface area contributed by atoms with Crippen LogP contribution in [0.25, 0.3) is 127 Å². The number of benzene rings is 11. The van der Waals surface area contributed by atoms with Crippen LogP contribution in [0.1, 0.15) is 0 Å². The maximum absolute atomic E-state index is 5.43. The molecule has 0 N–H and O–H groups in total. The van der Waals surface area contributed by atoms with E-state index in [1.807, 2.05) is 12.1 Å². The molecule has 0 bridgehead atoms. The van der Waals surface area contributed by atoms with Crippen molar-refractivity contribution in [2.45, 2.75) is 0 Å². The molecule has 2 aromatic heterocycles. The molecule has 65 heavy (non-hydrogen) atoms. The number of fused-ring (bicyclic) bond motifs is 9. The van der Waals surface area contributed by atoms with Gasteiger partial charge >= 0.3 is 0 Å². The van der Waals surface area contributed by atoms with E-state index in [4.69, 9.17) is 9.97 Å². The van der Waals surface area contributed by atoms with Crippen molar-refractivity contribution in [1.82, 2.24) is 14.5 Å². The highest BCUT2D eigenvalue weighted by molar-refractivity contribution is 6.30. The molecule has 13 aromatic rings. The number of nitrogens with zero attached hydrogens (tertiary/aromatic N) is 3. The summed E-state index contributed by atoms with van der Waals surface area (Å²) in [6.07, 6.45) is 0. The average molecular weight is 826 g/mol. The van der Waals surface area contributed by atoms with E-state index in [1.165, 1.54) is 71.2 Å². The molecule has 3 nitrogen and oxygen atoms in total. The minimum atomic E-state index is 0.856. The first kappa shape index (κ1) is 36.9. The smallest absolute Gasteiger partial charge is 0.0979 e. The van der Waals surface area contributed by atoms with Crippen LogP contribution in [0.3, 0.4) is 0 Å². The quantitative estimate of drug-likeness (QED) is 0.167. The molecule has 13 rings (SSSR count). The van der Waals surface area contributed by atoms with Crippen LogP contribution in [0, 0.1) is 0 Å². The van der Waals surface area contributed by atoms with E-state index < -0.39 is 0 Å². The van der Waals surface area contributed by atoms with Crippen molar-refractivity contribution >= 4 is 65.2 Å². The molecule has 0 aliphatic rings. The highest BCUT2D eigenvalue weighted by Crippen LogP contribution is 2.45. The molecule has 0 aliphatic carbocycles. The van der Waals surface area contributed by atoms with Crippen molar-refractivity contribution in [3.05, 3.63) is 237 Å². The van der Waals surface area contributed by atoms with Crippen molar-refractivity contribution in [1.29, 1.82) is 0 Å². The molecule has 0 saturated heterocycles. The van der Waals surface area contributed by atoms with Gasteiger partial charge in [-0.1, -0.05) is 206 Å². The van der Waals surface area contributed by atoms with Gasteiger partial charge in [0.25, 0.3) is 0 Å². The fraction of sp³-hybridized carbons (Fsp3) is 0. The molecule has 11 aromatic carbocycles. The summed E-state index contributed by atoms with van der Waals surface area (Å²) in [6, 6.07) is 85.2. The van der Waals surface area contributed by atoms with Crippen LogP contribution >= 0.6 is 0 Å². The number of hydrogen-bond donors (Lipinski definition) is 0. The first-order valence-electron chi connectivity index (χ1n) is 22.2. The third kappa shape index (κ3) is 6.05. The zero-order chi connectivity index (χ0) is 42.8. The summed E-state index contributed by atoms with van der Waals surface area (Å²) in [5, 5.41) is 9.75. The molecule has 0 atom stereocenters. The summed E-state index contributed by atoms with van der Waals surface area (Å²) in [5.74, 6) is 0. The van der Waals surface area contributed by atoms with Crippen molar-refractivity contribution in [2.24, 2.45) is 0 Å². The van der Waals surface area contributed by atoms with E-state index in [0.29, 0.717) is 0 Å². The normalized spacial score (nSPS) is 11.7. The Morgan fingerprint density at radius 1 is 0.277 bits per heavy atom. The Balaban J connectivity index is 1.02. The molecule has 0 aliphatic heterocycles. The van der Waals surface area contributed by atoms with E-state index in [1.54, 1.807) is 0 Å². The number of hydrogen-bond acceptors (Lipinski definition) is 2. The lowest BCUT2D eigenvalue weighted by Crippen LogP contribution is -1.99. The first-order valence-corrected chi connectivity index (χ1v) is 22.2. The molecule has 0 amide bonds. The Morgan fingerprint density at radius 3 is 1.48 bits per heavy atom. The van der Waals surface area contributed by atoms with Gasteiger partial charge in [0, 0.05) is 27.3 Å². The van der Waals surface area contributed by atoms with Gasteiger partial charge in [0.2, 0.25) is 0 Å². The minimum Gasteiger partial charge on any atom is -0.309 e. The zero-order valence-electron chi connectivity index (χ0n) is 35.4. The highest BCUT2D eigenvalue weighted by atomic mass is 15.0. The topological polar surface area (TPSA) is 30.7 Å². The third-order valence-electron chi connectivity index (χ3n) is 13.2. The summed E-state index contributed by atoms with van der Waals surface area (Å²) in [6.45, 7) is 0. The molecular formula is C62H39N3. The SMILES string of the molecule is c1ccc(-c2ccc(-c3ccc(-c4nc5ccccc5nc4-c4cccc5c(-n6c7ccc8ccccc8c7c7c8ccccc8c(-c8ccccc8)cc76)cccc45)cc3)cc2)cc1. The van der Waals surface area contributed by atoms with Gasteiger partial charge in [-0.25, -0.2) is 9.97 Å². The van der Waals surface area contributed by atoms with Crippen molar-refractivity contribution in [2.75, 3.05) is 0 Å². The van der Waals surface area contributed by atoms with Crippen LogP contribution in [0.4, 0.5) is 0 Å². The van der Waals surface area contributed by atoms with Gasteiger partial charge in [-0.3, -0.25) is 0 Å². The second kappa shape index (κ2) is 15.0. The van der Waals surface area contributed by atoms with E-state index in [-0.39, 0.29) is 0 Å². The third-order valence-corrected chi connectivity index (χ3v) is 13.2. The predicted octanol–water partition coefficient (Wildman–Crippen LogP) is 16.5. The van der Waals surface area contributed by atoms with Gasteiger partial charge < -0.3 is 4.57 Å². The number of para-hydroxylation sites is 2. The Labute approximate surface area is 376 Å². The largest absolute Gasteiger partial charge is 0.309 e. The first-order chi connectivity index (χ1) is 32.2. The lowest BCUT2D eigenvalue weighted by Gasteiger charge is -2.17. The summed E-state index contributed by atoms with van der Waals surface area (Å²) in [7, 11) is 0. The molecule has 2 heterocycles. The number of aromatic nitrogens is 3. The van der Waals surface area contributed by atoms with E-state index in [0.717, 1.165) is 55.6 Å². The summed E-state index contributed by atoms with van der Waals surface area (Å²) in [4.78, 5) is 10.8. The van der Waals surface area contributed by atoms with Crippen LogP contribution in [-0.4, -0.2) is 14.5 Å². The monoisotopic (exact) mass is 825 g/mol. The van der Waals surface area contributed by atoms with Gasteiger partial charge in [-0.05, 0) is 90.6 Å². The molecule has 302 valence electrons. The summed E-state index contributed by atoms with van der Waals surface area (Å²) in [5.41, 5.74) is 16.1. The Hall–Kier alpha value is -8.66. The van der Waals surface area contributed by atoms with E-state index in [9.17, 15) is 0 Å². The van der Waals surface area contributed by atoms with E-state index in [2.05, 4.69) is 229 Å². The van der Waals surface area contributed by atoms with Gasteiger partial charge in [0.1, 0.15) is 0 Å². The summed E-state index contributed by atoms with van der Waals surface area (Å²) < 4.78 is 2.50. The van der Waals surface area contributed by atoms with Crippen LogP contribution in [0.5, 0.6) is 0 Å². The van der Waals surface area contributed by atoms with Gasteiger partial charge in [-0.2, -0.15) is 0 Å². The summed E-state index contributed by atoms with van der Waals surface area (Å²) >= 11 is 0. The van der Waals surface area contributed by atoms with Gasteiger partial charge in [-0.15, -0.1) is 0 Å². The van der Waals surface area contributed by atoms with Gasteiger partial charge in [0.15, 0.2) is 0 Å². The fourth-order valence-corrected chi connectivity index (χ4v) is 10.1. The van der Waals surface area contributed by atoms with Crippen LogP contribution < -0.4 is 0 Å². The second-order valence-electron chi connectivity index (χ2n) is 16.9. The highest BCUT2D eigenvalue weighted by Gasteiger charge is 2.22. The van der Waals surface area contributed by atoms with Crippen molar-refractivity contribution < 1.29 is 0 Å². The lowest BCUT2D eigenvalue weighted by atomic mass is 9.94. The second-order valence-corrected chi connectivity index (χ2v) is 16.9. The standard InChI is InChI=1S/C62H39N3/c1-3-15-40(16-4-1)41-29-31-42(32-30-41)43-33-35-46(36-34-43)61-62(64-55-27-12-11-26-54(55)63-61)52-25-13-24-50-48(52)23-14-28-56(50)65-57-38-37-45-19-7-8-20-47(45)59(57)60-51-22-10-9-21-49(51)53(39-58(60)65)44-17-5-2-6-18-44/h1-39H. The van der Waals surface area contributed by atoms with Crippen LogP contribution in [0.2, 0.25) is 0 Å². The minimum absolute atomic E-state index is 0.856. The van der Waals surface area contributed by atoms with E-state index >= 15 is 0 Å². The zero-order valence-corrected chi connectivity index (χ0v) is 35.4. The maximum atomic E-state index is 5.43. The maximum Gasteiger partial charge on any atom is 0.0979 e. The lowest BCUT2D eigenvalue weighted by molar-refractivity contribution is 1.20. The Kier molecular flexibility index (Phi) is 8.53. The Bertz CT molecular complexity index is 3960. The molecule has 0 spiro atoms. The predicted molar refractivity (Wildman–Crippen MR) is 274 cm³/mol. The van der Waals surface area contributed by atoms with Crippen molar-refractivity contribution in [3.63, 3.8) is 0 Å². The fourth-order valence-electron chi connectivity index (χ4n) is 10.1. The van der Waals surface area contributed by atoms with Crippen LogP contribution in [-0.2, 0) is 0 Å². The number of rotatable bonds is 6. The average Bonchev–Trinajstić information content (AvgIpc) is 3.73. The molecule has 0 unspecified atom stereocenters. The van der Waals surface area contributed by atoms with Crippen molar-refractivity contribution in [3.8, 4) is 61.6 Å². The molecule has 0 radical (unpaired) electrons. The Morgan fingerprint density at radius 2 is 0.769 bits per heavy atom. The molecular weight excluding hydrogens is 787 g/mol.